The summed E-state index contributed by atoms with van der Waals surface area (Å²) < 4.78 is 6.98. The Labute approximate surface area is 134 Å². The number of nitrogens with zero attached hydrogens (tertiary/aromatic N) is 4. The minimum atomic E-state index is -0.116. The van der Waals surface area contributed by atoms with Gasteiger partial charge in [0.05, 0.1) is 23.0 Å². The topological polar surface area (TPSA) is 64.2 Å². The summed E-state index contributed by atoms with van der Waals surface area (Å²) in [6, 6.07) is 1.87. The Hall–Kier alpha value is -1.82. The van der Waals surface area contributed by atoms with Crippen molar-refractivity contribution < 1.29 is 9.32 Å². The predicted molar refractivity (Wildman–Crippen MR) is 81.8 cm³/mol. The number of aromatic nitrogens is 3. The van der Waals surface area contributed by atoms with Crippen molar-refractivity contribution in [2.75, 3.05) is 6.54 Å². The molecule has 0 saturated carbocycles. The van der Waals surface area contributed by atoms with E-state index in [4.69, 9.17) is 16.1 Å². The zero-order valence-corrected chi connectivity index (χ0v) is 13.7. The van der Waals surface area contributed by atoms with Crippen molar-refractivity contribution >= 4 is 17.5 Å². The molecule has 1 aliphatic rings. The van der Waals surface area contributed by atoms with Crippen molar-refractivity contribution in [1.82, 2.24) is 19.8 Å². The Morgan fingerprint density at radius 1 is 1.50 bits per heavy atom. The molecule has 1 fully saturated rings. The fourth-order valence-corrected chi connectivity index (χ4v) is 3.07. The average Bonchev–Trinajstić information content (AvgIpc) is 3.17. The van der Waals surface area contributed by atoms with E-state index in [0.717, 1.165) is 24.3 Å². The highest BCUT2D eigenvalue weighted by molar-refractivity contribution is 6.33. The van der Waals surface area contributed by atoms with Crippen LogP contribution in [0.25, 0.3) is 0 Å². The molecule has 1 atom stereocenters. The molecule has 0 spiro atoms. The van der Waals surface area contributed by atoms with E-state index in [2.05, 4.69) is 24.1 Å². The van der Waals surface area contributed by atoms with Crippen LogP contribution in [0.5, 0.6) is 0 Å². The molecule has 1 saturated heterocycles. The average molecular weight is 323 g/mol. The molecule has 0 N–H and O–H groups in total. The van der Waals surface area contributed by atoms with E-state index < -0.39 is 0 Å². The maximum Gasteiger partial charge on any atom is 0.274 e. The van der Waals surface area contributed by atoms with Gasteiger partial charge < -0.3 is 9.42 Å². The lowest BCUT2D eigenvalue weighted by Crippen LogP contribution is -2.32. The summed E-state index contributed by atoms with van der Waals surface area (Å²) in [5.74, 6) is 0.928. The molecule has 2 aromatic heterocycles. The number of aryl methyl sites for hydroxylation is 1. The Balaban J connectivity index is 1.88. The van der Waals surface area contributed by atoms with Gasteiger partial charge in [-0.15, -0.1) is 0 Å². The Morgan fingerprint density at radius 3 is 2.86 bits per heavy atom. The van der Waals surface area contributed by atoms with Crippen molar-refractivity contribution in [2.45, 2.75) is 38.6 Å². The first-order valence-electron chi connectivity index (χ1n) is 7.44. The minimum Gasteiger partial charge on any atom is -0.359 e. The van der Waals surface area contributed by atoms with Crippen molar-refractivity contribution in [2.24, 2.45) is 7.05 Å². The molecule has 1 aliphatic heterocycles. The fourth-order valence-electron chi connectivity index (χ4n) is 2.83. The summed E-state index contributed by atoms with van der Waals surface area (Å²) in [7, 11) is 1.72. The molecular formula is C15H19ClN4O2. The number of likely N-dealkylation sites (tertiary alicyclic amines) is 1. The number of halogens is 1. The summed E-state index contributed by atoms with van der Waals surface area (Å²) in [5, 5.41) is 8.50. The third-order valence-corrected chi connectivity index (χ3v) is 4.35. The number of hydrogen-bond acceptors (Lipinski definition) is 4. The van der Waals surface area contributed by atoms with Gasteiger partial charge in [0, 0.05) is 19.7 Å². The fraction of sp³-hybridized carbons (Fsp3) is 0.533. The zero-order valence-electron chi connectivity index (χ0n) is 12.9. The van der Waals surface area contributed by atoms with E-state index in [0.29, 0.717) is 23.2 Å². The molecule has 0 radical (unpaired) electrons. The molecular weight excluding hydrogens is 304 g/mol. The van der Waals surface area contributed by atoms with Crippen LogP contribution in [-0.2, 0) is 7.05 Å². The molecule has 2 aromatic rings. The number of carbonyl (C=O) groups excluding carboxylic acids is 1. The van der Waals surface area contributed by atoms with Gasteiger partial charge in [-0.3, -0.25) is 9.48 Å². The molecule has 3 rings (SSSR count). The summed E-state index contributed by atoms with van der Waals surface area (Å²) in [5.41, 5.74) is 1.32. The van der Waals surface area contributed by atoms with E-state index in [1.54, 1.807) is 11.9 Å². The van der Waals surface area contributed by atoms with E-state index >= 15 is 0 Å². The van der Waals surface area contributed by atoms with Crippen LogP contribution in [-0.4, -0.2) is 32.3 Å². The van der Waals surface area contributed by atoms with Crippen LogP contribution in [0, 0.1) is 0 Å². The molecule has 7 heteroatoms. The maximum atomic E-state index is 12.8. The normalized spacial score (nSPS) is 18.4. The lowest BCUT2D eigenvalue weighted by Gasteiger charge is -2.22. The molecule has 22 heavy (non-hydrogen) atoms. The van der Waals surface area contributed by atoms with E-state index in [-0.39, 0.29) is 11.9 Å². The highest BCUT2D eigenvalue weighted by Crippen LogP contribution is 2.35. The maximum absolute atomic E-state index is 12.8. The van der Waals surface area contributed by atoms with Crippen molar-refractivity contribution in [3.63, 3.8) is 0 Å². The van der Waals surface area contributed by atoms with Crippen molar-refractivity contribution in [1.29, 1.82) is 0 Å². The predicted octanol–water partition coefficient (Wildman–Crippen LogP) is 3.16. The molecule has 0 bridgehead atoms. The highest BCUT2D eigenvalue weighted by Gasteiger charge is 2.35. The summed E-state index contributed by atoms with van der Waals surface area (Å²) >= 11 is 6.09. The monoisotopic (exact) mass is 322 g/mol. The van der Waals surface area contributed by atoms with E-state index in [1.165, 1.54) is 10.9 Å². The van der Waals surface area contributed by atoms with Gasteiger partial charge in [0.25, 0.3) is 5.91 Å². The first-order chi connectivity index (χ1) is 10.5. The summed E-state index contributed by atoms with van der Waals surface area (Å²) in [6.07, 6.45) is 3.29. The standard InChI is InChI=1S/C15H19ClN4O2/c1-9(2)11-7-13(22-18-11)12-5-4-6-20(12)15(21)14-10(16)8-17-19(14)3/h7-9,12H,4-6H2,1-3H3/t12-/m1/s1. The summed E-state index contributed by atoms with van der Waals surface area (Å²) in [4.78, 5) is 14.6. The SMILES string of the molecule is CC(C)c1cc([C@H]2CCCN2C(=O)c2c(Cl)cnn2C)on1. The lowest BCUT2D eigenvalue weighted by molar-refractivity contribution is 0.0703. The van der Waals surface area contributed by atoms with Gasteiger partial charge in [-0.2, -0.15) is 5.10 Å². The van der Waals surface area contributed by atoms with Gasteiger partial charge in [0.1, 0.15) is 5.69 Å². The molecule has 0 aliphatic carbocycles. The minimum absolute atomic E-state index is 0.0848. The number of rotatable bonds is 3. The van der Waals surface area contributed by atoms with Crippen LogP contribution in [0.1, 0.15) is 60.6 Å². The van der Waals surface area contributed by atoms with E-state index in [9.17, 15) is 4.79 Å². The second-order valence-corrected chi connectivity index (χ2v) is 6.34. The zero-order chi connectivity index (χ0) is 15.9. The van der Waals surface area contributed by atoms with Crippen LogP contribution < -0.4 is 0 Å². The largest absolute Gasteiger partial charge is 0.359 e. The molecule has 0 unspecified atom stereocenters. The van der Waals surface area contributed by atoms with Gasteiger partial charge in [-0.25, -0.2) is 0 Å². The van der Waals surface area contributed by atoms with Gasteiger partial charge in [-0.05, 0) is 18.8 Å². The number of amides is 1. The smallest absolute Gasteiger partial charge is 0.274 e. The van der Waals surface area contributed by atoms with Crippen molar-refractivity contribution in [3.8, 4) is 0 Å². The van der Waals surface area contributed by atoms with Crippen LogP contribution in [0.15, 0.2) is 16.8 Å². The van der Waals surface area contributed by atoms with Crippen LogP contribution in [0.4, 0.5) is 0 Å². The molecule has 118 valence electrons. The third-order valence-electron chi connectivity index (χ3n) is 4.08. The Kier molecular flexibility index (Phi) is 3.95. The quantitative estimate of drug-likeness (QED) is 0.870. The first kappa shape index (κ1) is 15.1. The second kappa shape index (κ2) is 5.76. The van der Waals surface area contributed by atoms with Crippen LogP contribution >= 0.6 is 11.6 Å². The van der Waals surface area contributed by atoms with Crippen LogP contribution in [0.3, 0.4) is 0 Å². The molecule has 1 amide bonds. The van der Waals surface area contributed by atoms with Crippen molar-refractivity contribution in [3.05, 3.63) is 34.4 Å². The van der Waals surface area contributed by atoms with E-state index in [1.807, 2.05) is 6.07 Å². The van der Waals surface area contributed by atoms with Gasteiger partial charge in [-0.1, -0.05) is 30.6 Å². The lowest BCUT2D eigenvalue weighted by atomic mass is 10.1. The second-order valence-electron chi connectivity index (χ2n) is 5.93. The number of hydrogen-bond donors (Lipinski definition) is 0. The molecule has 0 aromatic carbocycles. The number of carbonyl (C=O) groups is 1. The summed E-state index contributed by atoms with van der Waals surface area (Å²) in [6.45, 7) is 4.81. The molecule has 3 heterocycles. The third kappa shape index (κ3) is 2.52. The van der Waals surface area contributed by atoms with Crippen LogP contribution in [0.2, 0.25) is 5.02 Å². The molecule has 6 nitrogen and oxygen atoms in total. The Bertz CT molecular complexity index is 672. The highest BCUT2D eigenvalue weighted by atomic mass is 35.5. The van der Waals surface area contributed by atoms with Gasteiger partial charge in [0.15, 0.2) is 5.76 Å². The first-order valence-corrected chi connectivity index (χ1v) is 7.81. The Morgan fingerprint density at radius 2 is 2.27 bits per heavy atom. The van der Waals surface area contributed by atoms with Gasteiger partial charge in [0.2, 0.25) is 0 Å². The van der Waals surface area contributed by atoms with Gasteiger partial charge >= 0.3 is 0 Å².